The predicted octanol–water partition coefficient (Wildman–Crippen LogP) is 3.23. The summed E-state index contributed by atoms with van der Waals surface area (Å²) in [5, 5.41) is 0. The lowest BCUT2D eigenvalue weighted by molar-refractivity contribution is 0.201. The molecule has 1 heterocycles. The molecule has 1 aromatic rings. The van der Waals surface area contributed by atoms with Gasteiger partial charge in [0.15, 0.2) is 0 Å². The number of hydrogen-bond donors (Lipinski definition) is 0. The summed E-state index contributed by atoms with van der Waals surface area (Å²) in [6.07, 6.45) is 1.96. The minimum atomic E-state index is 0.151. The van der Waals surface area contributed by atoms with E-state index in [-0.39, 0.29) is 5.41 Å². The van der Waals surface area contributed by atoms with Crippen LogP contribution in [0, 0.1) is 0 Å². The first-order chi connectivity index (χ1) is 8.34. The molecular formula is C14H23BrN2O. The quantitative estimate of drug-likeness (QED) is 0.780. The van der Waals surface area contributed by atoms with Gasteiger partial charge in [0.05, 0.1) is 11.4 Å². The van der Waals surface area contributed by atoms with Crippen LogP contribution >= 0.6 is 15.9 Å². The monoisotopic (exact) mass is 314 g/mol. The molecule has 1 rings (SSSR count). The Balaban J connectivity index is 2.67. The Morgan fingerprint density at radius 1 is 1.39 bits per heavy atom. The van der Waals surface area contributed by atoms with Crippen molar-refractivity contribution in [2.24, 2.45) is 0 Å². The van der Waals surface area contributed by atoms with Crippen LogP contribution in [0.4, 0.5) is 5.82 Å². The molecule has 0 aliphatic heterocycles. The highest BCUT2D eigenvalue weighted by Crippen LogP contribution is 2.22. The third-order valence-electron chi connectivity index (χ3n) is 2.82. The van der Waals surface area contributed by atoms with Gasteiger partial charge in [-0.15, -0.1) is 0 Å². The molecule has 0 radical (unpaired) electrons. The lowest BCUT2D eigenvalue weighted by atomic mass is 9.88. The Morgan fingerprint density at radius 3 is 2.50 bits per heavy atom. The number of nitrogens with zero attached hydrogens (tertiary/aromatic N) is 2. The van der Waals surface area contributed by atoms with Crippen LogP contribution in [0.1, 0.15) is 26.3 Å². The molecule has 0 saturated carbocycles. The number of pyridine rings is 1. The van der Waals surface area contributed by atoms with Gasteiger partial charge in [0.1, 0.15) is 5.82 Å². The minimum absolute atomic E-state index is 0.151. The molecule has 0 spiro atoms. The maximum Gasteiger partial charge on any atom is 0.128 e. The molecule has 0 aliphatic carbocycles. The van der Waals surface area contributed by atoms with Crippen molar-refractivity contribution in [2.75, 3.05) is 32.2 Å². The van der Waals surface area contributed by atoms with E-state index in [9.17, 15) is 0 Å². The molecule has 3 nitrogen and oxygen atoms in total. The van der Waals surface area contributed by atoms with E-state index >= 15 is 0 Å². The second-order valence-corrected chi connectivity index (χ2v) is 6.88. The SMILES string of the molecule is COCC(Br)CN(C)c1ccc(C(C)(C)C)cn1. The van der Waals surface area contributed by atoms with E-state index in [4.69, 9.17) is 4.74 Å². The second-order valence-electron chi connectivity index (χ2n) is 5.59. The van der Waals surface area contributed by atoms with E-state index < -0.39 is 0 Å². The largest absolute Gasteiger partial charge is 0.383 e. The molecule has 0 N–H and O–H groups in total. The van der Waals surface area contributed by atoms with Gasteiger partial charge in [0.25, 0.3) is 0 Å². The average Bonchev–Trinajstić information content (AvgIpc) is 2.28. The van der Waals surface area contributed by atoms with E-state index in [0.29, 0.717) is 11.4 Å². The molecule has 0 saturated heterocycles. The summed E-state index contributed by atoms with van der Waals surface area (Å²) in [5.74, 6) is 0.989. The summed E-state index contributed by atoms with van der Waals surface area (Å²) in [6, 6.07) is 4.23. The minimum Gasteiger partial charge on any atom is -0.383 e. The van der Waals surface area contributed by atoms with Gasteiger partial charge in [-0.25, -0.2) is 4.98 Å². The topological polar surface area (TPSA) is 25.4 Å². The van der Waals surface area contributed by atoms with Crippen LogP contribution < -0.4 is 4.90 Å². The number of ether oxygens (including phenoxy) is 1. The maximum atomic E-state index is 5.11. The van der Waals surface area contributed by atoms with Gasteiger partial charge in [0.2, 0.25) is 0 Å². The Hall–Kier alpha value is -0.610. The maximum absolute atomic E-state index is 5.11. The van der Waals surface area contributed by atoms with Crippen molar-refractivity contribution in [1.82, 2.24) is 4.98 Å². The Labute approximate surface area is 119 Å². The molecule has 1 unspecified atom stereocenters. The first-order valence-corrected chi connectivity index (χ1v) is 7.07. The number of alkyl halides is 1. The molecule has 0 aliphatic rings. The molecule has 0 amide bonds. The first-order valence-electron chi connectivity index (χ1n) is 6.15. The third kappa shape index (κ3) is 4.58. The Bertz CT molecular complexity index is 359. The van der Waals surface area contributed by atoms with Crippen molar-refractivity contribution in [1.29, 1.82) is 0 Å². The van der Waals surface area contributed by atoms with E-state index in [1.54, 1.807) is 7.11 Å². The molecule has 102 valence electrons. The number of rotatable bonds is 5. The first kappa shape index (κ1) is 15.4. The summed E-state index contributed by atoms with van der Waals surface area (Å²) >= 11 is 3.59. The van der Waals surface area contributed by atoms with Gasteiger partial charge in [-0.05, 0) is 17.0 Å². The highest BCUT2D eigenvalue weighted by atomic mass is 79.9. The molecular weight excluding hydrogens is 292 g/mol. The highest BCUT2D eigenvalue weighted by Gasteiger charge is 2.15. The van der Waals surface area contributed by atoms with Crippen LogP contribution in [0.25, 0.3) is 0 Å². The number of methoxy groups -OCH3 is 1. The van der Waals surface area contributed by atoms with Crippen molar-refractivity contribution in [3.63, 3.8) is 0 Å². The van der Waals surface area contributed by atoms with Crippen molar-refractivity contribution in [3.05, 3.63) is 23.9 Å². The van der Waals surface area contributed by atoms with Gasteiger partial charge in [-0.1, -0.05) is 42.8 Å². The number of halogens is 1. The van der Waals surface area contributed by atoms with Crippen molar-refractivity contribution < 1.29 is 4.74 Å². The molecule has 0 aromatic carbocycles. The normalized spacial score (nSPS) is 13.4. The van der Waals surface area contributed by atoms with Crippen LogP contribution in [-0.2, 0) is 10.2 Å². The van der Waals surface area contributed by atoms with Gasteiger partial charge in [-0.2, -0.15) is 0 Å². The van der Waals surface area contributed by atoms with Gasteiger partial charge in [-0.3, -0.25) is 0 Å². The van der Waals surface area contributed by atoms with Gasteiger partial charge < -0.3 is 9.64 Å². The summed E-state index contributed by atoms with van der Waals surface area (Å²) in [5.41, 5.74) is 1.41. The zero-order valence-corrected chi connectivity index (χ0v) is 13.5. The summed E-state index contributed by atoms with van der Waals surface area (Å²) < 4.78 is 5.11. The lowest BCUT2D eigenvalue weighted by Gasteiger charge is -2.23. The molecule has 4 heteroatoms. The highest BCUT2D eigenvalue weighted by molar-refractivity contribution is 9.09. The van der Waals surface area contributed by atoms with E-state index in [2.05, 4.69) is 58.7 Å². The molecule has 1 aromatic heterocycles. The second kappa shape index (κ2) is 6.53. The van der Waals surface area contributed by atoms with E-state index in [1.807, 2.05) is 13.2 Å². The van der Waals surface area contributed by atoms with Crippen LogP contribution in [-0.4, -0.2) is 37.1 Å². The summed E-state index contributed by atoms with van der Waals surface area (Å²) in [7, 11) is 3.76. The van der Waals surface area contributed by atoms with E-state index in [0.717, 1.165) is 12.4 Å². The standard InChI is InChI=1S/C14H23BrN2O/c1-14(2,3)11-6-7-13(16-8-11)17(4)9-12(15)10-18-5/h6-8,12H,9-10H2,1-5H3. The summed E-state index contributed by atoms with van der Waals surface area (Å²) in [6.45, 7) is 8.15. The number of anilines is 1. The smallest absolute Gasteiger partial charge is 0.128 e. The Kier molecular flexibility index (Phi) is 5.60. The predicted molar refractivity (Wildman–Crippen MR) is 80.8 cm³/mol. The average molecular weight is 315 g/mol. The van der Waals surface area contributed by atoms with Crippen LogP contribution in [0.15, 0.2) is 18.3 Å². The molecule has 18 heavy (non-hydrogen) atoms. The lowest BCUT2D eigenvalue weighted by Crippen LogP contribution is -2.28. The van der Waals surface area contributed by atoms with Gasteiger partial charge >= 0.3 is 0 Å². The third-order valence-corrected chi connectivity index (χ3v) is 3.38. The zero-order chi connectivity index (χ0) is 13.8. The van der Waals surface area contributed by atoms with Crippen LogP contribution in [0.5, 0.6) is 0 Å². The number of hydrogen-bond acceptors (Lipinski definition) is 3. The fourth-order valence-corrected chi connectivity index (χ4v) is 2.38. The Morgan fingerprint density at radius 2 is 2.06 bits per heavy atom. The van der Waals surface area contributed by atoms with Crippen LogP contribution in [0.2, 0.25) is 0 Å². The van der Waals surface area contributed by atoms with Crippen molar-refractivity contribution in [2.45, 2.75) is 31.0 Å². The fraction of sp³-hybridized carbons (Fsp3) is 0.643. The van der Waals surface area contributed by atoms with Crippen molar-refractivity contribution >= 4 is 21.7 Å². The fourth-order valence-electron chi connectivity index (χ4n) is 1.68. The van der Waals surface area contributed by atoms with E-state index in [1.165, 1.54) is 5.56 Å². The summed E-state index contributed by atoms with van der Waals surface area (Å²) in [4.78, 5) is 6.97. The molecule has 0 bridgehead atoms. The zero-order valence-electron chi connectivity index (χ0n) is 11.9. The number of aromatic nitrogens is 1. The van der Waals surface area contributed by atoms with Gasteiger partial charge in [0, 0.05) is 26.9 Å². The van der Waals surface area contributed by atoms with Crippen molar-refractivity contribution in [3.8, 4) is 0 Å². The van der Waals surface area contributed by atoms with Crippen LogP contribution in [0.3, 0.4) is 0 Å². The molecule has 0 fully saturated rings. The molecule has 1 atom stereocenters.